The van der Waals surface area contributed by atoms with E-state index in [0.717, 1.165) is 24.3 Å². The molecule has 0 aliphatic carbocycles. The highest BCUT2D eigenvalue weighted by Gasteiger charge is 2.48. The molecule has 0 bridgehead atoms. The Morgan fingerprint density at radius 1 is 1.12 bits per heavy atom. The quantitative estimate of drug-likeness (QED) is 0.772. The lowest BCUT2D eigenvalue weighted by Crippen LogP contribution is -2.39. The molecule has 2 heterocycles. The van der Waals surface area contributed by atoms with Crippen LogP contribution in [0.4, 0.5) is 0 Å². The SMILES string of the molecule is OC1(c2ccccc2)CSC2=[N+]1CCCCC2. The van der Waals surface area contributed by atoms with Gasteiger partial charge in [-0.2, -0.15) is 4.58 Å². The molecule has 0 saturated carbocycles. The molecule has 17 heavy (non-hydrogen) atoms. The second kappa shape index (κ2) is 4.46. The third-order valence-electron chi connectivity index (χ3n) is 3.70. The topological polar surface area (TPSA) is 23.2 Å². The van der Waals surface area contributed by atoms with Crippen molar-refractivity contribution in [1.82, 2.24) is 0 Å². The first-order valence-electron chi connectivity index (χ1n) is 6.35. The second-order valence-corrected chi connectivity index (χ2v) is 5.88. The summed E-state index contributed by atoms with van der Waals surface area (Å²) in [4.78, 5) is 0. The summed E-state index contributed by atoms with van der Waals surface area (Å²) in [7, 11) is 0. The van der Waals surface area contributed by atoms with Crippen LogP contribution in [0.1, 0.15) is 31.2 Å². The van der Waals surface area contributed by atoms with Crippen molar-refractivity contribution >= 4 is 16.8 Å². The standard InChI is InChI=1S/C14H18NOS/c16-14(12-7-3-1-4-8-12)11-17-13-9-5-2-6-10-15(13)14/h1,3-4,7-8,16H,2,5-6,9-11H2/q+1. The van der Waals surface area contributed by atoms with E-state index < -0.39 is 5.72 Å². The van der Waals surface area contributed by atoms with Crippen LogP contribution in [0.3, 0.4) is 0 Å². The third kappa shape index (κ3) is 1.91. The highest BCUT2D eigenvalue weighted by atomic mass is 32.2. The van der Waals surface area contributed by atoms with E-state index in [4.69, 9.17) is 0 Å². The van der Waals surface area contributed by atoms with E-state index in [-0.39, 0.29) is 0 Å². The highest BCUT2D eigenvalue weighted by Crippen LogP contribution is 2.36. The molecule has 3 heteroatoms. The zero-order chi connectivity index (χ0) is 11.7. The van der Waals surface area contributed by atoms with Gasteiger partial charge < -0.3 is 5.11 Å². The molecule has 0 spiro atoms. The molecule has 2 aliphatic heterocycles. The fourth-order valence-electron chi connectivity index (χ4n) is 2.73. The van der Waals surface area contributed by atoms with Crippen LogP contribution in [-0.2, 0) is 5.72 Å². The summed E-state index contributed by atoms with van der Waals surface area (Å²) in [5.74, 6) is 0.770. The molecular weight excluding hydrogens is 230 g/mol. The monoisotopic (exact) mass is 248 g/mol. The smallest absolute Gasteiger partial charge is 0.302 e. The van der Waals surface area contributed by atoms with Gasteiger partial charge in [-0.3, -0.25) is 0 Å². The minimum Gasteiger partial charge on any atom is -0.330 e. The van der Waals surface area contributed by atoms with Gasteiger partial charge >= 0.3 is 5.72 Å². The zero-order valence-electron chi connectivity index (χ0n) is 9.93. The normalized spacial score (nSPS) is 29.0. The molecule has 1 atom stereocenters. The maximum Gasteiger partial charge on any atom is 0.302 e. The molecular formula is C14H18NOS+. The fourth-order valence-corrected chi connectivity index (χ4v) is 4.11. The molecule has 0 aromatic heterocycles. The van der Waals surface area contributed by atoms with Crippen LogP contribution in [0.5, 0.6) is 0 Å². The first-order valence-corrected chi connectivity index (χ1v) is 7.33. The van der Waals surface area contributed by atoms with Crippen LogP contribution in [-0.4, -0.2) is 27.0 Å². The Balaban J connectivity index is 2.00. The fraction of sp³-hybridized carbons (Fsp3) is 0.500. The van der Waals surface area contributed by atoms with E-state index in [0.29, 0.717) is 0 Å². The van der Waals surface area contributed by atoms with Crippen molar-refractivity contribution in [2.75, 3.05) is 12.3 Å². The largest absolute Gasteiger partial charge is 0.330 e. The number of hydrogen-bond donors (Lipinski definition) is 1. The summed E-state index contributed by atoms with van der Waals surface area (Å²) in [5.41, 5.74) is 0.260. The van der Waals surface area contributed by atoms with Crippen LogP contribution in [0.2, 0.25) is 0 Å². The molecule has 0 fully saturated rings. The lowest BCUT2D eigenvalue weighted by atomic mass is 10.0. The van der Waals surface area contributed by atoms with E-state index in [2.05, 4.69) is 4.58 Å². The molecule has 0 saturated heterocycles. The molecule has 0 amide bonds. The molecule has 1 N–H and O–H groups in total. The van der Waals surface area contributed by atoms with Crippen molar-refractivity contribution < 1.29 is 9.68 Å². The predicted octanol–water partition coefficient (Wildman–Crippen LogP) is 2.56. The molecule has 1 aromatic carbocycles. The highest BCUT2D eigenvalue weighted by molar-refractivity contribution is 8.13. The average Bonchev–Trinajstić information content (AvgIpc) is 2.57. The summed E-state index contributed by atoms with van der Waals surface area (Å²) in [6.07, 6.45) is 4.88. The number of aliphatic hydroxyl groups is 1. The van der Waals surface area contributed by atoms with Crippen molar-refractivity contribution in [2.24, 2.45) is 0 Å². The van der Waals surface area contributed by atoms with E-state index in [1.54, 1.807) is 0 Å². The molecule has 1 unspecified atom stereocenters. The Labute approximate surface area is 106 Å². The van der Waals surface area contributed by atoms with Gasteiger partial charge in [0, 0.05) is 12.8 Å². The summed E-state index contributed by atoms with van der Waals surface area (Å²) < 4.78 is 2.24. The van der Waals surface area contributed by atoms with E-state index in [9.17, 15) is 5.11 Å². The predicted molar refractivity (Wildman–Crippen MR) is 71.4 cm³/mol. The van der Waals surface area contributed by atoms with Gasteiger partial charge in [-0.25, -0.2) is 0 Å². The first kappa shape index (κ1) is 11.3. The molecule has 2 aliphatic rings. The van der Waals surface area contributed by atoms with Crippen LogP contribution in [0, 0.1) is 0 Å². The van der Waals surface area contributed by atoms with Crippen molar-refractivity contribution in [3.8, 4) is 0 Å². The van der Waals surface area contributed by atoms with Crippen LogP contribution in [0.15, 0.2) is 30.3 Å². The minimum atomic E-state index is -0.772. The Kier molecular flexibility index (Phi) is 2.97. The van der Waals surface area contributed by atoms with Crippen molar-refractivity contribution in [2.45, 2.75) is 31.4 Å². The van der Waals surface area contributed by atoms with Crippen molar-refractivity contribution in [3.05, 3.63) is 35.9 Å². The zero-order valence-corrected chi connectivity index (χ0v) is 10.7. The van der Waals surface area contributed by atoms with Gasteiger partial charge in [-0.15, -0.1) is 0 Å². The molecule has 0 radical (unpaired) electrons. The number of hydrogen-bond acceptors (Lipinski definition) is 2. The maximum atomic E-state index is 11.0. The Morgan fingerprint density at radius 2 is 1.94 bits per heavy atom. The lowest BCUT2D eigenvalue weighted by Gasteiger charge is -2.20. The summed E-state index contributed by atoms with van der Waals surface area (Å²) in [6.45, 7) is 0.994. The first-order chi connectivity index (χ1) is 8.31. The molecule has 1 aromatic rings. The van der Waals surface area contributed by atoms with Crippen LogP contribution < -0.4 is 0 Å². The Hall–Kier alpha value is -0.800. The van der Waals surface area contributed by atoms with Gasteiger partial charge in [-0.1, -0.05) is 30.0 Å². The van der Waals surface area contributed by atoms with Gasteiger partial charge in [0.1, 0.15) is 12.3 Å². The van der Waals surface area contributed by atoms with Gasteiger partial charge in [0.25, 0.3) is 0 Å². The lowest BCUT2D eigenvalue weighted by molar-refractivity contribution is -0.658. The number of thioether (sulfide) groups is 1. The van der Waals surface area contributed by atoms with Crippen molar-refractivity contribution in [1.29, 1.82) is 0 Å². The Morgan fingerprint density at radius 3 is 2.76 bits per heavy atom. The van der Waals surface area contributed by atoms with Crippen LogP contribution in [0.25, 0.3) is 0 Å². The van der Waals surface area contributed by atoms with E-state index in [1.165, 1.54) is 24.3 Å². The van der Waals surface area contributed by atoms with Gasteiger partial charge in [0.2, 0.25) is 5.04 Å². The van der Waals surface area contributed by atoms with Crippen LogP contribution >= 0.6 is 11.8 Å². The van der Waals surface area contributed by atoms with E-state index >= 15 is 0 Å². The van der Waals surface area contributed by atoms with Gasteiger partial charge in [0.05, 0.1) is 5.56 Å². The minimum absolute atomic E-state index is 0.770. The number of benzene rings is 1. The molecule has 2 nitrogen and oxygen atoms in total. The second-order valence-electron chi connectivity index (χ2n) is 4.83. The number of nitrogens with zero attached hydrogens (tertiary/aromatic N) is 1. The third-order valence-corrected chi connectivity index (χ3v) is 5.00. The number of rotatable bonds is 1. The maximum absolute atomic E-state index is 11.0. The van der Waals surface area contributed by atoms with Gasteiger partial charge in [-0.05, 0) is 25.0 Å². The molecule has 90 valence electrons. The van der Waals surface area contributed by atoms with Gasteiger partial charge in [0.15, 0.2) is 0 Å². The summed E-state index contributed by atoms with van der Waals surface area (Å²) in [5, 5.41) is 12.4. The average molecular weight is 248 g/mol. The molecule has 3 rings (SSSR count). The summed E-state index contributed by atoms with van der Waals surface area (Å²) in [6, 6.07) is 10.1. The van der Waals surface area contributed by atoms with Crippen molar-refractivity contribution in [3.63, 3.8) is 0 Å². The van der Waals surface area contributed by atoms with E-state index in [1.807, 2.05) is 42.1 Å². The Bertz CT molecular complexity index is 443. The summed E-state index contributed by atoms with van der Waals surface area (Å²) >= 11 is 1.83.